The Labute approximate surface area is 225 Å². The zero-order chi connectivity index (χ0) is 26.7. The molecule has 2 unspecified atom stereocenters. The van der Waals surface area contributed by atoms with Crippen molar-refractivity contribution in [1.82, 2.24) is 0 Å². The third-order valence-electron chi connectivity index (χ3n) is 7.52. The van der Waals surface area contributed by atoms with Gasteiger partial charge in [0.25, 0.3) is 0 Å². The molecule has 0 saturated carbocycles. The van der Waals surface area contributed by atoms with E-state index in [1.54, 1.807) is 0 Å². The predicted molar refractivity (Wildman–Crippen MR) is 162 cm³/mol. The minimum Gasteiger partial charge on any atom is -0.309 e. The van der Waals surface area contributed by atoms with Gasteiger partial charge in [0.1, 0.15) is 0 Å². The van der Waals surface area contributed by atoms with Crippen LogP contribution < -0.4 is 10.6 Å². The third kappa shape index (κ3) is 3.79. The summed E-state index contributed by atoms with van der Waals surface area (Å²) in [5.41, 5.74) is 6.15. The Balaban J connectivity index is 1.69. The SMILES string of the molecule is Cc1cccc(C2=CC3=C(C=C(c4cccc(C)c4)P3(=O)c3cccc(C)c3)P2(=O)c2cccc(C)c2)c1. The molecule has 0 radical (unpaired) electrons. The van der Waals surface area contributed by atoms with Crippen molar-refractivity contribution in [3.63, 3.8) is 0 Å². The first-order chi connectivity index (χ1) is 18.2. The van der Waals surface area contributed by atoms with Gasteiger partial charge in [-0.25, -0.2) is 0 Å². The molecule has 2 aliphatic rings. The maximum absolute atomic E-state index is 15.6. The van der Waals surface area contributed by atoms with Gasteiger partial charge in [0.2, 0.25) is 0 Å². The summed E-state index contributed by atoms with van der Waals surface area (Å²) in [7, 11) is -6.59. The van der Waals surface area contributed by atoms with Gasteiger partial charge >= 0.3 is 0 Å². The van der Waals surface area contributed by atoms with Crippen molar-refractivity contribution in [3.05, 3.63) is 153 Å². The summed E-state index contributed by atoms with van der Waals surface area (Å²) in [5.74, 6) is 0. The van der Waals surface area contributed by atoms with Crippen LogP contribution in [0.1, 0.15) is 33.4 Å². The van der Waals surface area contributed by atoms with E-state index in [0.717, 1.165) is 54.6 Å². The van der Waals surface area contributed by atoms with E-state index in [-0.39, 0.29) is 0 Å². The Morgan fingerprint density at radius 1 is 0.447 bits per heavy atom. The smallest absolute Gasteiger partial charge is 0.172 e. The van der Waals surface area contributed by atoms with Gasteiger partial charge in [-0.3, -0.25) is 0 Å². The third-order valence-corrected chi connectivity index (χ3v) is 13.9. The average molecular weight is 533 g/mol. The molecule has 38 heavy (non-hydrogen) atoms. The fraction of sp³-hybridized carbons (Fsp3) is 0.118. The van der Waals surface area contributed by atoms with E-state index in [2.05, 4.69) is 12.1 Å². The minimum atomic E-state index is -3.29. The van der Waals surface area contributed by atoms with Crippen LogP contribution in [0.3, 0.4) is 0 Å². The summed E-state index contributed by atoms with van der Waals surface area (Å²) in [6.07, 6.45) is 3.99. The number of allylic oxidation sites excluding steroid dienone is 4. The van der Waals surface area contributed by atoms with Crippen molar-refractivity contribution in [3.8, 4) is 0 Å². The number of rotatable bonds is 4. The number of hydrogen-bond acceptors (Lipinski definition) is 2. The van der Waals surface area contributed by atoms with Crippen LogP contribution in [0.2, 0.25) is 0 Å². The van der Waals surface area contributed by atoms with Gasteiger partial charge in [-0.2, -0.15) is 0 Å². The summed E-state index contributed by atoms with van der Waals surface area (Å²) in [5, 5.41) is 4.52. The second-order valence-electron chi connectivity index (χ2n) is 10.5. The summed E-state index contributed by atoms with van der Waals surface area (Å²) < 4.78 is 31.1. The van der Waals surface area contributed by atoms with Crippen LogP contribution in [-0.4, -0.2) is 0 Å². The van der Waals surface area contributed by atoms with Gasteiger partial charge in [0.05, 0.1) is 0 Å². The van der Waals surface area contributed by atoms with Crippen LogP contribution in [0.25, 0.3) is 10.6 Å². The molecule has 4 aromatic carbocycles. The first-order valence-corrected chi connectivity index (χ1v) is 16.3. The predicted octanol–water partition coefficient (Wildman–Crippen LogP) is 8.92. The summed E-state index contributed by atoms with van der Waals surface area (Å²) in [6.45, 7) is 8.14. The average Bonchev–Trinajstić information content (AvgIpc) is 3.37. The maximum Gasteiger partial charge on any atom is 0.172 e. The van der Waals surface area contributed by atoms with Gasteiger partial charge in [-0.05, 0) is 63.1 Å². The highest BCUT2D eigenvalue weighted by Crippen LogP contribution is 2.81. The molecule has 4 heteroatoms. The molecule has 0 N–H and O–H groups in total. The fourth-order valence-corrected chi connectivity index (χ4v) is 12.8. The lowest BCUT2D eigenvalue weighted by Gasteiger charge is -2.21. The number of benzene rings is 4. The van der Waals surface area contributed by atoms with Crippen molar-refractivity contribution >= 4 is 35.5 Å². The van der Waals surface area contributed by atoms with Gasteiger partial charge in [-0.15, -0.1) is 0 Å². The maximum atomic E-state index is 15.6. The Morgan fingerprint density at radius 2 is 0.789 bits per heavy atom. The van der Waals surface area contributed by atoms with Crippen molar-refractivity contribution in [2.45, 2.75) is 27.7 Å². The zero-order valence-corrected chi connectivity index (χ0v) is 23.9. The molecule has 0 spiro atoms. The minimum absolute atomic E-state index is 0.709. The molecule has 2 aliphatic heterocycles. The van der Waals surface area contributed by atoms with E-state index in [1.165, 1.54) is 0 Å². The largest absolute Gasteiger partial charge is 0.309 e. The van der Waals surface area contributed by atoms with Gasteiger partial charge in [0, 0.05) is 31.9 Å². The molecule has 0 bridgehead atoms. The van der Waals surface area contributed by atoms with Crippen molar-refractivity contribution in [2.24, 2.45) is 0 Å². The first-order valence-electron chi connectivity index (χ1n) is 12.9. The molecule has 188 valence electrons. The molecule has 0 amide bonds. The van der Waals surface area contributed by atoms with E-state index in [9.17, 15) is 0 Å². The highest BCUT2D eigenvalue weighted by atomic mass is 31.2. The van der Waals surface area contributed by atoms with Gasteiger partial charge < -0.3 is 9.13 Å². The molecule has 2 nitrogen and oxygen atoms in total. The quantitative estimate of drug-likeness (QED) is 0.246. The van der Waals surface area contributed by atoms with Crippen LogP contribution in [0.5, 0.6) is 0 Å². The van der Waals surface area contributed by atoms with E-state index in [4.69, 9.17) is 0 Å². The molecular weight excluding hydrogens is 502 g/mol. The normalized spacial score (nSPS) is 22.3. The van der Waals surface area contributed by atoms with E-state index in [1.807, 2.05) is 125 Å². The van der Waals surface area contributed by atoms with Crippen molar-refractivity contribution in [1.29, 1.82) is 0 Å². The monoisotopic (exact) mass is 532 g/mol. The lowest BCUT2D eigenvalue weighted by Crippen LogP contribution is -2.06. The highest BCUT2D eigenvalue weighted by molar-refractivity contribution is 7.91. The molecule has 2 atom stereocenters. The second kappa shape index (κ2) is 9.09. The Morgan fingerprint density at radius 3 is 1.13 bits per heavy atom. The molecule has 0 aliphatic carbocycles. The summed E-state index contributed by atoms with van der Waals surface area (Å²) >= 11 is 0. The number of hydrogen-bond donors (Lipinski definition) is 0. The lowest BCUT2D eigenvalue weighted by molar-refractivity contribution is 0.590. The summed E-state index contributed by atoms with van der Waals surface area (Å²) in [4.78, 5) is 0. The van der Waals surface area contributed by atoms with Crippen LogP contribution in [0.4, 0.5) is 0 Å². The molecular formula is C34H30O2P2. The molecule has 6 rings (SSSR count). The van der Waals surface area contributed by atoms with E-state index >= 15 is 9.13 Å². The van der Waals surface area contributed by atoms with Gasteiger partial charge in [0.15, 0.2) is 14.3 Å². The second-order valence-corrected chi connectivity index (χ2v) is 15.9. The van der Waals surface area contributed by atoms with Crippen molar-refractivity contribution < 1.29 is 9.13 Å². The zero-order valence-electron chi connectivity index (χ0n) is 22.1. The molecule has 2 heterocycles. The summed E-state index contributed by atoms with van der Waals surface area (Å²) in [6, 6.07) is 32.3. The Bertz CT molecular complexity index is 1690. The molecule has 0 aromatic heterocycles. The van der Waals surface area contributed by atoms with Crippen LogP contribution in [0.15, 0.2) is 120 Å². The lowest BCUT2D eigenvalue weighted by atomic mass is 10.1. The van der Waals surface area contributed by atoms with Gasteiger partial charge in [-0.1, -0.05) is 107 Å². The van der Waals surface area contributed by atoms with Crippen LogP contribution in [-0.2, 0) is 9.13 Å². The van der Waals surface area contributed by atoms with E-state index in [0.29, 0.717) is 10.6 Å². The van der Waals surface area contributed by atoms with E-state index < -0.39 is 14.3 Å². The van der Waals surface area contributed by atoms with Crippen LogP contribution >= 0.6 is 14.3 Å². The standard InChI is InChI=1S/C34H30O2P2/c1-23-9-5-13-27(17-23)31-21-33-34(37(31,35)29-15-7-11-25(3)19-29)22-32(28-14-6-10-24(2)18-28)38(33,36)30-16-8-12-26(4)20-30/h5-22H,1-4H3. The van der Waals surface area contributed by atoms with Crippen LogP contribution in [0, 0.1) is 27.7 Å². The van der Waals surface area contributed by atoms with Crippen molar-refractivity contribution in [2.75, 3.05) is 0 Å². The fourth-order valence-electron chi connectivity index (χ4n) is 5.70. The molecule has 0 saturated heterocycles. The topological polar surface area (TPSA) is 34.1 Å². The molecule has 4 aromatic rings. The molecule has 0 fully saturated rings. The Kier molecular flexibility index (Phi) is 5.95. The highest BCUT2D eigenvalue weighted by Gasteiger charge is 2.51. The first kappa shape index (κ1) is 24.9. The number of aryl methyl sites for hydroxylation is 4. The Hall–Kier alpha value is -3.44.